The predicted molar refractivity (Wildman–Crippen MR) is 77.2 cm³/mol. The van der Waals surface area contributed by atoms with Crippen LogP contribution in [0.4, 0.5) is 5.69 Å². The van der Waals surface area contributed by atoms with Crippen LogP contribution in [0.3, 0.4) is 0 Å². The molecule has 20 heavy (non-hydrogen) atoms. The lowest BCUT2D eigenvalue weighted by molar-refractivity contribution is -0.138. The molecule has 0 aliphatic heterocycles. The number of carbonyl (C=O) groups excluding carboxylic acids is 1. The van der Waals surface area contributed by atoms with Gasteiger partial charge in [-0.1, -0.05) is 6.92 Å². The summed E-state index contributed by atoms with van der Waals surface area (Å²) in [4.78, 5) is 13.3. The average Bonchev–Trinajstić information content (AvgIpc) is 2.44. The zero-order chi connectivity index (χ0) is 15.2. The number of nitrogens with zero attached hydrogens (tertiary/aromatic N) is 1. The first-order valence-electron chi connectivity index (χ1n) is 6.36. The first-order chi connectivity index (χ1) is 9.44. The van der Waals surface area contributed by atoms with Gasteiger partial charge in [0, 0.05) is 18.8 Å². The van der Waals surface area contributed by atoms with E-state index in [1.165, 1.54) is 19.2 Å². The third kappa shape index (κ3) is 4.21. The van der Waals surface area contributed by atoms with Crippen molar-refractivity contribution in [1.29, 1.82) is 0 Å². The van der Waals surface area contributed by atoms with E-state index in [0.717, 1.165) is 5.69 Å². The highest BCUT2D eigenvalue weighted by Crippen LogP contribution is 2.17. The Hall–Kier alpha value is -1.60. The first kappa shape index (κ1) is 16.5. The van der Waals surface area contributed by atoms with Crippen LogP contribution in [0.15, 0.2) is 29.2 Å². The molecule has 0 aliphatic rings. The molecule has 0 fully saturated rings. The van der Waals surface area contributed by atoms with E-state index in [2.05, 4.69) is 9.46 Å². The van der Waals surface area contributed by atoms with Crippen molar-refractivity contribution in [2.24, 2.45) is 0 Å². The van der Waals surface area contributed by atoms with E-state index >= 15 is 0 Å². The molecule has 0 aromatic heterocycles. The zero-order valence-electron chi connectivity index (χ0n) is 11.9. The molecule has 0 heterocycles. The Bertz CT molecular complexity index is 540. The summed E-state index contributed by atoms with van der Waals surface area (Å²) in [5.74, 6) is -0.337. The number of esters is 1. The number of likely N-dealkylation sites (N-methyl/N-ethyl adjacent to an activating group) is 1. The molecule has 0 radical (unpaired) electrons. The fraction of sp³-hybridized carbons (Fsp3) is 0.462. The number of hydrogen-bond donors (Lipinski definition) is 1. The molecule has 0 bridgehead atoms. The summed E-state index contributed by atoms with van der Waals surface area (Å²) in [6.45, 7) is 4.72. The second-order valence-corrected chi connectivity index (χ2v) is 5.85. The largest absolute Gasteiger partial charge is 0.468 e. The van der Waals surface area contributed by atoms with Crippen LogP contribution in [0.25, 0.3) is 0 Å². The maximum Gasteiger partial charge on any atom is 0.325 e. The molecule has 0 saturated carbocycles. The quantitative estimate of drug-likeness (QED) is 0.760. The molecule has 0 amide bonds. The third-order valence-electron chi connectivity index (χ3n) is 2.78. The van der Waals surface area contributed by atoms with E-state index in [4.69, 9.17) is 0 Å². The van der Waals surface area contributed by atoms with Crippen molar-refractivity contribution in [2.75, 3.05) is 31.6 Å². The summed E-state index contributed by atoms with van der Waals surface area (Å²) in [6.07, 6.45) is 0. The number of sulfonamides is 1. The summed E-state index contributed by atoms with van der Waals surface area (Å²) >= 11 is 0. The molecule has 6 nitrogen and oxygen atoms in total. The van der Waals surface area contributed by atoms with Gasteiger partial charge in [-0.05, 0) is 31.2 Å². The second-order valence-electron chi connectivity index (χ2n) is 4.09. The molecule has 0 atom stereocenters. The number of ether oxygens (including phenoxy) is 1. The second kappa shape index (κ2) is 7.25. The summed E-state index contributed by atoms with van der Waals surface area (Å²) in [6, 6.07) is 6.40. The Morgan fingerprint density at radius 1 is 1.25 bits per heavy atom. The van der Waals surface area contributed by atoms with Gasteiger partial charge in [-0.3, -0.25) is 4.79 Å². The van der Waals surface area contributed by atoms with E-state index < -0.39 is 10.0 Å². The number of benzene rings is 1. The Kier molecular flexibility index (Phi) is 5.97. The van der Waals surface area contributed by atoms with Crippen LogP contribution in [0, 0.1) is 0 Å². The van der Waals surface area contributed by atoms with Gasteiger partial charge in [0.25, 0.3) is 0 Å². The highest BCUT2D eigenvalue weighted by Gasteiger charge is 2.14. The molecule has 1 rings (SSSR count). The smallest absolute Gasteiger partial charge is 0.325 e. The van der Waals surface area contributed by atoms with Gasteiger partial charge in [0.15, 0.2) is 0 Å². The number of methoxy groups -OCH3 is 1. The van der Waals surface area contributed by atoms with Gasteiger partial charge in [0.2, 0.25) is 10.0 Å². The molecule has 1 aromatic rings. The number of anilines is 1. The van der Waals surface area contributed by atoms with Crippen LogP contribution in [0.2, 0.25) is 0 Å². The van der Waals surface area contributed by atoms with Gasteiger partial charge in [-0.2, -0.15) is 0 Å². The van der Waals surface area contributed by atoms with Gasteiger partial charge >= 0.3 is 5.97 Å². The first-order valence-corrected chi connectivity index (χ1v) is 7.84. The van der Waals surface area contributed by atoms with Gasteiger partial charge in [0.1, 0.15) is 6.54 Å². The van der Waals surface area contributed by atoms with Crippen molar-refractivity contribution in [3.63, 3.8) is 0 Å². The lowest BCUT2D eigenvalue weighted by Crippen LogP contribution is -2.30. The van der Waals surface area contributed by atoms with E-state index in [9.17, 15) is 13.2 Å². The zero-order valence-corrected chi connectivity index (χ0v) is 12.7. The van der Waals surface area contributed by atoms with E-state index in [1.807, 2.05) is 6.92 Å². The number of nitrogens with one attached hydrogen (secondary N) is 1. The summed E-state index contributed by atoms with van der Waals surface area (Å²) in [5.41, 5.74) is 0.772. The highest BCUT2D eigenvalue weighted by atomic mass is 32.2. The normalized spacial score (nSPS) is 11.2. The maximum atomic E-state index is 11.8. The van der Waals surface area contributed by atoms with Crippen LogP contribution in [-0.2, 0) is 19.6 Å². The molecule has 0 spiro atoms. The van der Waals surface area contributed by atoms with Crippen molar-refractivity contribution >= 4 is 21.7 Å². The minimum Gasteiger partial charge on any atom is -0.468 e. The SMILES string of the molecule is CCNS(=O)(=O)c1ccc(N(CC)CC(=O)OC)cc1. The Labute approximate surface area is 119 Å². The number of carbonyl (C=O) groups is 1. The standard InChI is InChI=1S/C13H20N2O4S/c1-4-14-20(17,18)12-8-6-11(7-9-12)15(5-2)10-13(16)19-3/h6-9,14H,4-5,10H2,1-3H3. The maximum absolute atomic E-state index is 11.8. The fourth-order valence-electron chi connectivity index (χ4n) is 1.72. The van der Waals surface area contributed by atoms with Gasteiger partial charge in [0.05, 0.1) is 12.0 Å². The molecular formula is C13H20N2O4S. The van der Waals surface area contributed by atoms with Crippen molar-refractivity contribution in [1.82, 2.24) is 4.72 Å². The van der Waals surface area contributed by atoms with Gasteiger partial charge < -0.3 is 9.64 Å². The molecule has 112 valence electrons. The number of rotatable bonds is 7. The lowest BCUT2D eigenvalue weighted by atomic mass is 10.3. The monoisotopic (exact) mass is 300 g/mol. The molecule has 1 aromatic carbocycles. The van der Waals surface area contributed by atoms with Crippen LogP contribution in [-0.4, -0.2) is 41.1 Å². The summed E-state index contributed by atoms with van der Waals surface area (Å²) in [5, 5.41) is 0. The average molecular weight is 300 g/mol. The molecular weight excluding hydrogens is 280 g/mol. The Morgan fingerprint density at radius 2 is 1.85 bits per heavy atom. The Morgan fingerprint density at radius 3 is 2.30 bits per heavy atom. The van der Waals surface area contributed by atoms with Crippen LogP contribution in [0.5, 0.6) is 0 Å². The van der Waals surface area contributed by atoms with Gasteiger partial charge in [-0.25, -0.2) is 13.1 Å². The van der Waals surface area contributed by atoms with Crippen molar-refractivity contribution < 1.29 is 17.9 Å². The molecule has 0 saturated heterocycles. The predicted octanol–water partition coefficient (Wildman–Crippen LogP) is 0.984. The molecule has 1 N–H and O–H groups in total. The van der Waals surface area contributed by atoms with Crippen molar-refractivity contribution in [3.05, 3.63) is 24.3 Å². The van der Waals surface area contributed by atoms with E-state index in [-0.39, 0.29) is 17.4 Å². The summed E-state index contributed by atoms with van der Waals surface area (Å²) < 4.78 is 30.7. The van der Waals surface area contributed by atoms with Crippen LogP contribution < -0.4 is 9.62 Å². The van der Waals surface area contributed by atoms with E-state index in [1.54, 1.807) is 24.0 Å². The highest BCUT2D eigenvalue weighted by molar-refractivity contribution is 7.89. The molecule has 7 heteroatoms. The Balaban J connectivity index is 2.92. The molecule has 0 unspecified atom stereocenters. The fourth-order valence-corrected chi connectivity index (χ4v) is 2.76. The molecule has 0 aliphatic carbocycles. The van der Waals surface area contributed by atoms with E-state index in [0.29, 0.717) is 13.1 Å². The minimum absolute atomic E-state index is 0.131. The van der Waals surface area contributed by atoms with Crippen LogP contribution >= 0.6 is 0 Å². The van der Waals surface area contributed by atoms with Crippen molar-refractivity contribution in [3.8, 4) is 0 Å². The number of hydrogen-bond acceptors (Lipinski definition) is 5. The summed E-state index contributed by atoms with van der Waals surface area (Å²) in [7, 11) is -2.11. The minimum atomic E-state index is -3.45. The van der Waals surface area contributed by atoms with Gasteiger partial charge in [-0.15, -0.1) is 0 Å². The third-order valence-corrected chi connectivity index (χ3v) is 4.34. The topological polar surface area (TPSA) is 75.7 Å². The van der Waals surface area contributed by atoms with Crippen LogP contribution in [0.1, 0.15) is 13.8 Å². The lowest BCUT2D eigenvalue weighted by Gasteiger charge is -2.21. The van der Waals surface area contributed by atoms with Crippen molar-refractivity contribution in [2.45, 2.75) is 18.7 Å².